The Labute approximate surface area is 99.5 Å². The molecule has 0 amide bonds. The molecule has 0 spiro atoms. The van der Waals surface area contributed by atoms with E-state index in [9.17, 15) is 0 Å². The van der Waals surface area contributed by atoms with Crippen molar-refractivity contribution in [1.82, 2.24) is 0 Å². The molecule has 0 aliphatic heterocycles. The Bertz CT molecular complexity index is 465. The minimum absolute atomic E-state index is 0.652. The summed E-state index contributed by atoms with van der Waals surface area (Å²) < 4.78 is 5.81. The summed E-state index contributed by atoms with van der Waals surface area (Å²) >= 11 is 0. The van der Waals surface area contributed by atoms with Crippen LogP contribution < -0.4 is 9.92 Å². The minimum Gasteiger partial charge on any atom is -0.489 e. The zero-order valence-electron chi connectivity index (χ0n) is 9.73. The first kappa shape index (κ1) is 11.0. The van der Waals surface area contributed by atoms with Crippen LogP contribution in [0.4, 0.5) is 0 Å². The van der Waals surface area contributed by atoms with E-state index in [1.165, 1.54) is 16.3 Å². The molecule has 0 fully saturated rings. The zero-order valence-corrected chi connectivity index (χ0v) is 11.7. The molecule has 0 aliphatic rings. The number of hydrogen-bond donors (Lipinski definition) is 0. The Kier molecular flexibility index (Phi) is 3.42. The lowest BCUT2D eigenvalue weighted by Crippen LogP contribution is -2.09. The number of ether oxygens (including phenoxy) is 1. The van der Waals surface area contributed by atoms with Crippen LogP contribution in [0.15, 0.2) is 48.5 Å². The molecule has 1 nitrogen and oxygen atoms in total. The molecule has 0 saturated carbocycles. The molecule has 2 aromatic rings. The summed E-state index contributed by atoms with van der Waals surface area (Å²) in [5.74, 6) is 1.03. The van der Waals surface area contributed by atoms with Crippen molar-refractivity contribution in [1.29, 1.82) is 0 Å². The highest BCUT2D eigenvalue weighted by Gasteiger charge is 1.99. The number of rotatable bonds is 3. The van der Waals surface area contributed by atoms with E-state index in [0.29, 0.717) is 6.61 Å². The molecule has 0 atom stereocenters. The number of hydrogen-bond acceptors (Lipinski definition) is 1. The van der Waals surface area contributed by atoms with Crippen LogP contribution in [0.1, 0.15) is 11.1 Å². The number of benzene rings is 2. The summed E-state index contributed by atoms with van der Waals surface area (Å²) in [5, 5.41) is 1.33. The molecule has 82 valence electrons. The average Bonchev–Trinajstić information content (AvgIpc) is 2.29. The van der Waals surface area contributed by atoms with Gasteiger partial charge in [0.15, 0.2) is 0 Å². The second-order valence-corrected chi connectivity index (χ2v) is 5.12. The summed E-state index contributed by atoms with van der Waals surface area (Å²) in [7, 11) is 1.03. The highest BCUT2D eigenvalue weighted by atomic mass is 28.1. The molecule has 0 heterocycles. The normalized spacial score (nSPS) is 10.3. The van der Waals surface area contributed by atoms with Crippen LogP contribution in [0.3, 0.4) is 0 Å². The topological polar surface area (TPSA) is 9.23 Å². The van der Waals surface area contributed by atoms with Gasteiger partial charge in [0, 0.05) is 10.2 Å². The monoisotopic (exact) mass is 228 g/mol. The summed E-state index contributed by atoms with van der Waals surface area (Å²) in [6, 6.07) is 16.6. The van der Waals surface area contributed by atoms with E-state index in [-0.39, 0.29) is 0 Å². The van der Waals surface area contributed by atoms with Gasteiger partial charge in [0.05, 0.1) is 0 Å². The van der Waals surface area contributed by atoms with Crippen LogP contribution in [0, 0.1) is 6.92 Å². The van der Waals surface area contributed by atoms with Crippen molar-refractivity contribution in [3.63, 3.8) is 0 Å². The second kappa shape index (κ2) is 4.99. The molecule has 0 aliphatic carbocycles. The maximum atomic E-state index is 5.81. The van der Waals surface area contributed by atoms with Gasteiger partial charge >= 0.3 is 0 Å². The SMILES string of the molecule is Cc1ccc(OCc2ccccc2)c([SiH3])c1. The summed E-state index contributed by atoms with van der Waals surface area (Å²) in [6.07, 6.45) is 0. The van der Waals surface area contributed by atoms with Crippen LogP contribution in [-0.4, -0.2) is 10.2 Å². The molecule has 0 radical (unpaired) electrons. The van der Waals surface area contributed by atoms with E-state index in [0.717, 1.165) is 16.0 Å². The van der Waals surface area contributed by atoms with Gasteiger partial charge in [-0.15, -0.1) is 0 Å². The van der Waals surface area contributed by atoms with E-state index in [1.54, 1.807) is 0 Å². The highest BCUT2D eigenvalue weighted by Crippen LogP contribution is 2.10. The number of aryl methyl sites for hydroxylation is 1. The van der Waals surface area contributed by atoms with Gasteiger partial charge < -0.3 is 4.74 Å². The second-order valence-electron chi connectivity index (χ2n) is 4.04. The molecule has 0 unspecified atom stereocenters. The maximum Gasteiger partial charge on any atom is 0.118 e. The molecule has 2 rings (SSSR count). The first-order valence-corrected chi connectivity index (χ1v) is 6.50. The standard InChI is InChI=1S/C14H16OSi/c1-11-7-8-13(14(16)9-11)15-10-12-5-3-2-4-6-12/h2-9H,10H2,1,16H3. The molecule has 16 heavy (non-hydrogen) atoms. The van der Waals surface area contributed by atoms with Gasteiger partial charge in [0.25, 0.3) is 0 Å². The van der Waals surface area contributed by atoms with Crippen LogP contribution in [0.25, 0.3) is 0 Å². The Hall–Kier alpha value is -1.54. The highest BCUT2D eigenvalue weighted by molar-refractivity contribution is 6.34. The van der Waals surface area contributed by atoms with Gasteiger partial charge in [0.2, 0.25) is 0 Å². The fraction of sp³-hybridized carbons (Fsp3) is 0.143. The summed E-state index contributed by atoms with van der Waals surface area (Å²) in [4.78, 5) is 0. The molecule has 0 bridgehead atoms. The molecule has 0 saturated heterocycles. The van der Waals surface area contributed by atoms with Crippen LogP contribution in [0.2, 0.25) is 0 Å². The quantitative estimate of drug-likeness (QED) is 0.725. The first-order valence-electron chi connectivity index (χ1n) is 5.50. The van der Waals surface area contributed by atoms with E-state index < -0.39 is 0 Å². The Balaban J connectivity index is 2.05. The summed E-state index contributed by atoms with van der Waals surface area (Å²) in [6.45, 7) is 2.77. The summed E-state index contributed by atoms with van der Waals surface area (Å²) in [5.41, 5.74) is 2.52. The van der Waals surface area contributed by atoms with Crippen molar-refractivity contribution in [3.8, 4) is 5.75 Å². The fourth-order valence-corrected chi connectivity index (χ4v) is 2.46. The average molecular weight is 228 g/mol. The van der Waals surface area contributed by atoms with Crippen LogP contribution in [-0.2, 0) is 6.61 Å². The van der Waals surface area contributed by atoms with Crippen LogP contribution in [0.5, 0.6) is 5.75 Å². The molecule has 2 heteroatoms. The Morgan fingerprint density at radius 1 is 1.06 bits per heavy atom. The van der Waals surface area contributed by atoms with Gasteiger partial charge in [0.1, 0.15) is 12.4 Å². The van der Waals surface area contributed by atoms with Gasteiger partial charge in [-0.25, -0.2) is 0 Å². The van der Waals surface area contributed by atoms with Gasteiger partial charge in [-0.2, -0.15) is 0 Å². The molecule has 2 aromatic carbocycles. The van der Waals surface area contributed by atoms with Gasteiger partial charge in [-0.3, -0.25) is 0 Å². The third kappa shape index (κ3) is 2.73. The third-order valence-electron chi connectivity index (χ3n) is 2.57. The Morgan fingerprint density at radius 3 is 2.50 bits per heavy atom. The lowest BCUT2D eigenvalue weighted by molar-refractivity contribution is 0.309. The van der Waals surface area contributed by atoms with Gasteiger partial charge in [-0.1, -0.05) is 48.0 Å². The lowest BCUT2D eigenvalue weighted by Gasteiger charge is -2.09. The Morgan fingerprint density at radius 2 is 1.81 bits per heavy atom. The van der Waals surface area contributed by atoms with Gasteiger partial charge in [-0.05, 0) is 23.7 Å². The van der Waals surface area contributed by atoms with Crippen molar-refractivity contribution in [2.75, 3.05) is 0 Å². The maximum absolute atomic E-state index is 5.81. The van der Waals surface area contributed by atoms with Crippen molar-refractivity contribution < 1.29 is 4.74 Å². The largest absolute Gasteiger partial charge is 0.489 e. The van der Waals surface area contributed by atoms with E-state index >= 15 is 0 Å². The van der Waals surface area contributed by atoms with Crippen molar-refractivity contribution in [2.24, 2.45) is 0 Å². The predicted octanol–water partition coefficient (Wildman–Crippen LogP) is 1.56. The van der Waals surface area contributed by atoms with Crippen molar-refractivity contribution in [2.45, 2.75) is 13.5 Å². The van der Waals surface area contributed by atoms with Crippen molar-refractivity contribution in [3.05, 3.63) is 59.7 Å². The minimum atomic E-state index is 0.652. The smallest absolute Gasteiger partial charge is 0.118 e. The zero-order chi connectivity index (χ0) is 11.4. The molecular formula is C14H16OSi. The van der Waals surface area contributed by atoms with E-state index in [4.69, 9.17) is 4.74 Å². The van der Waals surface area contributed by atoms with E-state index in [1.807, 2.05) is 18.2 Å². The molecular weight excluding hydrogens is 212 g/mol. The third-order valence-corrected chi connectivity index (χ3v) is 3.35. The molecule has 0 aromatic heterocycles. The van der Waals surface area contributed by atoms with Crippen LogP contribution >= 0.6 is 0 Å². The first-order chi connectivity index (χ1) is 7.75. The van der Waals surface area contributed by atoms with Crippen molar-refractivity contribution >= 4 is 15.4 Å². The predicted molar refractivity (Wildman–Crippen MR) is 71.5 cm³/mol. The lowest BCUT2D eigenvalue weighted by atomic mass is 10.2. The van der Waals surface area contributed by atoms with E-state index in [2.05, 4.69) is 37.3 Å². The molecule has 0 N–H and O–H groups in total. The fourth-order valence-electron chi connectivity index (χ4n) is 1.70.